The average Bonchev–Trinajstić information content (AvgIpc) is 3.38. The van der Waals surface area contributed by atoms with E-state index in [0.29, 0.717) is 5.56 Å². The van der Waals surface area contributed by atoms with Crippen molar-refractivity contribution < 1.29 is 18.0 Å². The van der Waals surface area contributed by atoms with Gasteiger partial charge in [0.05, 0.1) is 11.3 Å². The Morgan fingerprint density at radius 2 is 1.39 bits per heavy atom. The van der Waals surface area contributed by atoms with Gasteiger partial charge < -0.3 is 10.6 Å². The number of amides is 2. The van der Waals surface area contributed by atoms with Gasteiger partial charge in [0, 0.05) is 18.7 Å². The molecule has 0 unspecified atom stereocenters. The summed E-state index contributed by atoms with van der Waals surface area (Å²) in [5, 5.41) is 8.77. The number of benzene rings is 3. The highest BCUT2D eigenvalue weighted by atomic mass is 32.2. The zero-order valence-electron chi connectivity index (χ0n) is 17.4. The van der Waals surface area contributed by atoms with Crippen molar-refractivity contribution in [2.45, 2.75) is 4.21 Å². The second-order valence-corrected chi connectivity index (χ2v) is 10.0. The van der Waals surface area contributed by atoms with Crippen LogP contribution in [0.3, 0.4) is 0 Å². The first-order valence-electron chi connectivity index (χ1n) is 10.1. The summed E-state index contributed by atoms with van der Waals surface area (Å²) in [4.78, 5) is 25.1. The van der Waals surface area contributed by atoms with Crippen LogP contribution in [-0.2, 0) is 10.0 Å². The van der Waals surface area contributed by atoms with Crippen molar-refractivity contribution in [2.75, 3.05) is 17.8 Å². The van der Waals surface area contributed by atoms with Gasteiger partial charge in [0.2, 0.25) is 0 Å². The van der Waals surface area contributed by atoms with Gasteiger partial charge in [0.1, 0.15) is 4.21 Å². The number of nitrogens with one attached hydrogen (secondary N) is 3. The monoisotopic (exact) mass is 479 g/mol. The lowest BCUT2D eigenvalue weighted by Gasteiger charge is -2.14. The number of thiophene rings is 1. The molecule has 0 aliphatic heterocycles. The number of carbonyl (C=O) groups is 2. The molecular formula is C24H21N3O4S2. The molecule has 168 valence electrons. The van der Waals surface area contributed by atoms with Gasteiger partial charge in [-0.05, 0) is 46.5 Å². The molecule has 0 saturated carbocycles. The van der Waals surface area contributed by atoms with Crippen LogP contribution in [0.15, 0.2) is 88.5 Å². The van der Waals surface area contributed by atoms with Crippen molar-refractivity contribution >= 4 is 49.6 Å². The molecule has 33 heavy (non-hydrogen) atoms. The van der Waals surface area contributed by atoms with E-state index in [1.165, 1.54) is 6.07 Å². The summed E-state index contributed by atoms with van der Waals surface area (Å²) in [6, 6.07) is 22.6. The largest absolute Gasteiger partial charge is 0.350 e. The van der Waals surface area contributed by atoms with Gasteiger partial charge in [-0.2, -0.15) is 0 Å². The predicted octanol–water partition coefficient (Wildman–Crippen LogP) is 3.86. The second-order valence-electron chi connectivity index (χ2n) is 7.16. The Balaban J connectivity index is 1.50. The molecule has 1 aromatic heterocycles. The van der Waals surface area contributed by atoms with E-state index in [4.69, 9.17) is 0 Å². The number of rotatable bonds is 8. The molecule has 0 atom stereocenters. The van der Waals surface area contributed by atoms with Gasteiger partial charge in [0.15, 0.2) is 0 Å². The Bertz CT molecular complexity index is 1390. The first-order chi connectivity index (χ1) is 15.9. The van der Waals surface area contributed by atoms with Crippen molar-refractivity contribution in [2.24, 2.45) is 0 Å². The van der Waals surface area contributed by atoms with Crippen molar-refractivity contribution in [1.82, 2.24) is 10.6 Å². The summed E-state index contributed by atoms with van der Waals surface area (Å²) in [5.41, 5.74) is 0.916. The van der Waals surface area contributed by atoms with Crippen molar-refractivity contribution in [3.8, 4) is 0 Å². The van der Waals surface area contributed by atoms with E-state index in [9.17, 15) is 18.0 Å². The fourth-order valence-corrected chi connectivity index (χ4v) is 5.33. The van der Waals surface area contributed by atoms with E-state index in [1.54, 1.807) is 47.8 Å². The zero-order chi connectivity index (χ0) is 23.3. The Kier molecular flexibility index (Phi) is 6.71. The normalized spacial score (nSPS) is 11.2. The summed E-state index contributed by atoms with van der Waals surface area (Å²) in [5.74, 6) is -0.682. The van der Waals surface area contributed by atoms with Gasteiger partial charge in [-0.15, -0.1) is 11.3 Å². The number of sulfonamides is 1. The molecule has 0 fully saturated rings. The Morgan fingerprint density at radius 1 is 0.758 bits per heavy atom. The summed E-state index contributed by atoms with van der Waals surface area (Å²) < 4.78 is 28.2. The molecule has 3 aromatic carbocycles. The molecule has 0 aliphatic rings. The summed E-state index contributed by atoms with van der Waals surface area (Å²) in [7, 11) is -3.83. The van der Waals surface area contributed by atoms with Crippen LogP contribution in [0.2, 0.25) is 0 Å². The maximum atomic E-state index is 12.9. The number of hydrogen-bond donors (Lipinski definition) is 3. The molecule has 4 aromatic rings. The molecule has 4 rings (SSSR count). The summed E-state index contributed by atoms with van der Waals surface area (Å²) in [6.07, 6.45) is 0. The predicted molar refractivity (Wildman–Crippen MR) is 130 cm³/mol. The maximum absolute atomic E-state index is 12.9. The van der Waals surface area contributed by atoms with Crippen LogP contribution in [0, 0.1) is 0 Å². The molecule has 1 heterocycles. The van der Waals surface area contributed by atoms with E-state index >= 15 is 0 Å². The molecule has 0 saturated heterocycles. The van der Waals surface area contributed by atoms with Crippen LogP contribution < -0.4 is 15.4 Å². The number of anilines is 1. The standard InChI is InChI=1S/C24H21N3O4S2/c28-23(17-7-2-1-3-8-17)25-12-13-26-24(29)20-15-18-9-4-5-10-19(18)16-21(20)27-33(30,31)22-11-6-14-32-22/h1-11,14-16,27H,12-13H2,(H,25,28)(H,26,29). The van der Waals surface area contributed by atoms with Crippen LogP contribution in [-0.4, -0.2) is 33.3 Å². The number of fused-ring (bicyclic) bond motifs is 1. The molecule has 2 amide bonds. The third kappa shape index (κ3) is 5.39. The molecule has 9 heteroatoms. The van der Waals surface area contributed by atoms with Gasteiger partial charge in [-0.25, -0.2) is 8.42 Å². The van der Waals surface area contributed by atoms with Crippen LogP contribution in [0.1, 0.15) is 20.7 Å². The molecule has 3 N–H and O–H groups in total. The van der Waals surface area contributed by atoms with Gasteiger partial charge >= 0.3 is 0 Å². The lowest BCUT2D eigenvalue weighted by Crippen LogP contribution is -2.35. The molecule has 0 aliphatic carbocycles. The quantitative estimate of drug-likeness (QED) is 0.334. The highest BCUT2D eigenvalue weighted by Crippen LogP contribution is 2.27. The number of carbonyl (C=O) groups excluding carboxylic acids is 2. The molecular weight excluding hydrogens is 458 g/mol. The number of hydrogen-bond acceptors (Lipinski definition) is 5. The first kappa shape index (κ1) is 22.5. The van der Waals surface area contributed by atoms with Crippen molar-refractivity contribution in [1.29, 1.82) is 0 Å². The van der Waals surface area contributed by atoms with Crippen molar-refractivity contribution in [3.05, 3.63) is 95.4 Å². The third-order valence-corrected chi connectivity index (χ3v) is 7.63. The lowest BCUT2D eigenvalue weighted by atomic mass is 10.0. The second kappa shape index (κ2) is 9.85. The first-order valence-corrected chi connectivity index (χ1v) is 12.5. The lowest BCUT2D eigenvalue weighted by molar-refractivity contribution is 0.0928. The molecule has 7 nitrogen and oxygen atoms in total. The average molecular weight is 480 g/mol. The summed E-state index contributed by atoms with van der Waals surface area (Å²) in [6.45, 7) is 0.407. The van der Waals surface area contributed by atoms with E-state index in [1.807, 2.05) is 30.3 Å². The Morgan fingerprint density at radius 3 is 2.06 bits per heavy atom. The smallest absolute Gasteiger partial charge is 0.271 e. The minimum Gasteiger partial charge on any atom is -0.350 e. The van der Waals surface area contributed by atoms with Crippen LogP contribution >= 0.6 is 11.3 Å². The van der Waals surface area contributed by atoms with E-state index in [0.717, 1.165) is 22.1 Å². The molecule has 0 spiro atoms. The van der Waals surface area contributed by atoms with Gasteiger partial charge in [0.25, 0.3) is 21.8 Å². The van der Waals surface area contributed by atoms with Gasteiger partial charge in [-0.3, -0.25) is 14.3 Å². The van der Waals surface area contributed by atoms with E-state index < -0.39 is 15.9 Å². The van der Waals surface area contributed by atoms with E-state index in [-0.39, 0.29) is 34.5 Å². The minimum atomic E-state index is -3.83. The molecule has 0 bridgehead atoms. The van der Waals surface area contributed by atoms with Crippen LogP contribution in [0.4, 0.5) is 5.69 Å². The fourth-order valence-electron chi connectivity index (χ4n) is 3.26. The Labute approximate surface area is 195 Å². The fraction of sp³-hybridized carbons (Fsp3) is 0.0833. The van der Waals surface area contributed by atoms with Crippen LogP contribution in [0.25, 0.3) is 10.8 Å². The van der Waals surface area contributed by atoms with Gasteiger partial charge in [-0.1, -0.05) is 48.5 Å². The minimum absolute atomic E-state index is 0.158. The topological polar surface area (TPSA) is 104 Å². The Hall–Kier alpha value is -3.69. The highest BCUT2D eigenvalue weighted by molar-refractivity contribution is 7.94. The highest BCUT2D eigenvalue weighted by Gasteiger charge is 2.20. The zero-order valence-corrected chi connectivity index (χ0v) is 19.1. The summed E-state index contributed by atoms with van der Waals surface area (Å²) >= 11 is 1.09. The van der Waals surface area contributed by atoms with Crippen LogP contribution in [0.5, 0.6) is 0 Å². The SMILES string of the molecule is O=C(NCCNC(=O)c1cc2ccccc2cc1NS(=O)(=O)c1cccs1)c1ccccc1. The van der Waals surface area contributed by atoms with Crippen molar-refractivity contribution in [3.63, 3.8) is 0 Å². The molecule has 0 radical (unpaired) electrons. The third-order valence-electron chi connectivity index (χ3n) is 4.87. The van der Waals surface area contributed by atoms with E-state index in [2.05, 4.69) is 15.4 Å². The maximum Gasteiger partial charge on any atom is 0.271 e.